The molecule has 0 unspecified atom stereocenters. The minimum atomic E-state index is 0.379. The summed E-state index contributed by atoms with van der Waals surface area (Å²) in [7, 11) is 3.18. The van der Waals surface area contributed by atoms with E-state index in [9.17, 15) is 0 Å². The van der Waals surface area contributed by atoms with Crippen molar-refractivity contribution < 1.29 is 13.9 Å². The van der Waals surface area contributed by atoms with Gasteiger partial charge in [-0.15, -0.1) is 10.2 Å². The van der Waals surface area contributed by atoms with Gasteiger partial charge in [0.2, 0.25) is 5.89 Å². The molecule has 6 heteroatoms. The van der Waals surface area contributed by atoms with Gasteiger partial charge < -0.3 is 13.9 Å². The molecule has 0 fully saturated rings. The molecule has 3 aromatic rings. The standard InChI is InChI=1S/C16H13ClN2O3/c1-20-12-7-8-13(14(9-12)21-2)16-19-18-15(22-16)10-3-5-11(17)6-4-10/h3-9H,1-2H3. The van der Waals surface area contributed by atoms with E-state index in [0.29, 0.717) is 33.9 Å². The highest BCUT2D eigenvalue weighted by Crippen LogP contribution is 2.33. The molecular formula is C16H13ClN2O3. The summed E-state index contributed by atoms with van der Waals surface area (Å²) in [6.07, 6.45) is 0. The van der Waals surface area contributed by atoms with Gasteiger partial charge in [0.25, 0.3) is 5.89 Å². The fourth-order valence-corrected chi connectivity index (χ4v) is 2.14. The normalized spacial score (nSPS) is 10.5. The van der Waals surface area contributed by atoms with Crippen LogP contribution in [0.15, 0.2) is 46.9 Å². The maximum atomic E-state index is 5.87. The number of hydrogen-bond donors (Lipinski definition) is 0. The Balaban J connectivity index is 1.98. The second-order valence-corrected chi connectivity index (χ2v) is 4.92. The third-order valence-electron chi connectivity index (χ3n) is 3.16. The van der Waals surface area contributed by atoms with E-state index >= 15 is 0 Å². The van der Waals surface area contributed by atoms with Crippen LogP contribution < -0.4 is 9.47 Å². The van der Waals surface area contributed by atoms with Crippen LogP contribution in [0, 0.1) is 0 Å². The predicted molar refractivity (Wildman–Crippen MR) is 83.3 cm³/mol. The van der Waals surface area contributed by atoms with Crippen LogP contribution in [0.4, 0.5) is 0 Å². The maximum absolute atomic E-state index is 5.87. The second kappa shape index (κ2) is 6.07. The van der Waals surface area contributed by atoms with Gasteiger partial charge in [0.05, 0.1) is 19.8 Å². The van der Waals surface area contributed by atoms with E-state index in [0.717, 1.165) is 5.56 Å². The van der Waals surface area contributed by atoms with Gasteiger partial charge in [-0.2, -0.15) is 0 Å². The van der Waals surface area contributed by atoms with Crippen molar-refractivity contribution in [2.24, 2.45) is 0 Å². The van der Waals surface area contributed by atoms with Crippen LogP contribution in [0.5, 0.6) is 11.5 Å². The Kier molecular flexibility index (Phi) is 3.98. The fourth-order valence-electron chi connectivity index (χ4n) is 2.02. The minimum absolute atomic E-state index is 0.379. The smallest absolute Gasteiger partial charge is 0.251 e. The number of benzene rings is 2. The first-order valence-corrected chi connectivity index (χ1v) is 6.91. The van der Waals surface area contributed by atoms with Crippen LogP contribution in [0.1, 0.15) is 0 Å². The zero-order chi connectivity index (χ0) is 15.5. The van der Waals surface area contributed by atoms with Crippen molar-refractivity contribution in [2.45, 2.75) is 0 Å². The van der Waals surface area contributed by atoms with Crippen LogP contribution >= 0.6 is 11.6 Å². The molecule has 0 aliphatic heterocycles. The predicted octanol–water partition coefficient (Wildman–Crippen LogP) is 4.07. The lowest BCUT2D eigenvalue weighted by atomic mass is 10.2. The van der Waals surface area contributed by atoms with Crippen molar-refractivity contribution in [1.29, 1.82) is 0 Å². The molecule has 0 aliphatic rings. The minimum Gasteiger partial charge on any atom is -0.497 e. The molecule has 0 atom stereocenters. The second-order valence-electron chi connectivity index (χ2n) is 4.49. The molecule has 1 aromatic heterocycles. The number of halogens is 1. The molecule has 0 bridgehead atoms. The van der Waals surface area contributed by atoms with Crippen molar-refractivity contribution >= 4 is 11.6 Å². The first-order valence-electron chi connectivity index (χ1n) is 6.53. The van der Waals surface area contributed by atoms with Gasteiger partial charge in [-0.05, 0) is 36.4 Å². The third-order valence-corrected chi connectivity index (χ3v) is 3.41. The van der Waals surface area contributed by atoms with Crippen molar-refractivity contribution in [3.63, 3.8) is 0 Å². The largest absolute Gasteiger partial charge is 0.497 e. The molecule has 0 saturated carbocycles. The Morgan fingerprint density at radius 2 is 1.64 bits per heavy atom. The molecule has 0 aliphatic carbocycles. The van der Waals surface area contributed by atoms with Crippen molar-refractivity contribution in [2.75, 3.05) is 14.2 Å². The molecule has 0 spiro atoms. The molecule has 5 nitrogen and oxygen atoms in total. The zero-order valence-corrected chi connectivity index (χ0v) is 12.8. The average Bonchev–Trinajstić information content (AvgIpc) is 3.04. The van der Waals surface area contributed by atoms with Gasteiger partial charge in [-0.1, -0.05) is 11.6 Å². The van der Waals surface area contributed by atoms with E-state index in [1.807, 2.05) is 24.3 Å². The quantitative estimate of drug-likeness (QED) is 0.726. The molecule has 1 heterocycles. The molecule has 0 saturated heterocycles. The topological polar surface area (TPSA) is 57.4 Å². The average molecular weight is 317 g/mol. The molecular weight excluding hydrogens is 304 g/mol. The monoisotopic (exact) mass is 316 g/mol. The van der Waals surface area contributed by atoms with Gasteiger partial charge in [0, 0.05) is 16.7 Å². The van der Waals surface area contributed by atoms with Crippen LogP contribution in [0.2, 0.25) is 5.02 Å². The zero-order valence-electron chi connectivity index (χ0n) is 12.0. The van der Waals surface area contributed by atoms with Crippen LogP contribution in [0.25, 0.3) is 22.9 Å². The lowest BCUT2D eigenvalue weighted by Gasteiger charge is -2.07. The lowest BCUT2D eigenvalue weighted by molar-refractivity contribution is 0.394. The van der Waals surface area contributed by atoms with E-state index in [1.165, 1.54) is 0 Å². The van der Waals surface area contributed by atoms with Gasteiger partial charge in [-0.25, -0.2) is 0 Å². The maximum Gasteiger partial charge on any atom is 0.251 e. The highest BCUT2D eigenvalue weighted by molar-refractivity contribution is 6.30. The van der Waals surface area contributed by atoms with Crippen molar-refractivity contribution in [1.82, 2.24) is 10.2 Å². The summed E-state index contributed by atoms with van der Waals surface area (Å²) in [5.41, 5.74) is 1.51. The number of hydrogen-bond acceptors (Lipinski definition) is 5. The van der Waals surface area contributed by atoms with E-state index in [2.05, 4.69) is 10.2 Å². The Labute approximate surface area is 132 Å². The first kappa shape index (κ1) is 14.4. The Bertz CT molecular complexity index is 784. The Morgan fingerprint density at radius 1 is 0.909 bits per heavy atom. The summed E-state index contributed by atoms with van der Waals surface area (Å²) in [4.78, 5) is 0. The Morgan fingerprint density at radius 3 is 2.32 bits per heavy atom. The van der Waals surface area contributed by atoms with E-state index in [4.69, 9.17) is 25.5 Å². The summed E-state index contributed by atoms with van der Waals surface area (Å²) < 4.78 is 16.2. The molecule has 112 valence electrons. The number of ether oxygens (including phenoxy) is 2. The Hall–Kier alpha value is -2.53. The molecule has 2 aromatic carbocycles. The summed E-state index contributed by atoms with van der Waals surface area (Å²) >= 11 is 5.87. The number of methoxy groups -OCH3 is 2. The first-order chi connectivity index (χ1) is 10.7. The highest BCUT2D eigenvalue weighted by Gasteiger charge is 2.15. The lowest BCUT2D eigenvalue weighted by Crippen LogP contribution is -1.90. The molecule has 3 rings (SSSR count). The molecule has 22 heavy (non-hydrogen) atoms. The number of aromatic nitrogens is 2. The summed E-state index contributed by atoms with van der Waals surface area (Å²) in [6.45, 7) is 0. The van der Waals surface area contributed by atoms with Gasteiger partial charge in [0.1, 0.15) is 11.5 Å². The molecule has 0 N–H and O–H groups in total. The van der Waals surface area contributed by atoms with Crippen molar-refractivity contribution in [3.05, 3.63) is 47.5 Å². The summed E-state index contributed by atoms with van der Waals surface area (Å²) in [5.74, 6) is 2.10. The van der Waals surface area contributed by atoms with Crippen LogP contribution in [0.3, 0.4) is 0 Å². The number of rotatable bonds is 4. The van der Waals surface area contributed by atoms with Crippen LogP contribution in [-0.2, 0) is 0 Å². The van der Waals surface area contributed by atoms with Gasteiger partial charge in [-0.3, -0.25) is 0 Å². The highest BCUT2D eigenvalue weighted by atomic mass is 35.5. The SMILES string of the molecule is COc1ccc(-c2nnc(-c3ccc(Cl)cc3)o2)c(OC)c1. The molecule has 0 amide bonds. The summed E-state index contributed by atoms with van der Waals surface area (Å²) in [5, 5.41) is 8.80. The fraction of sp³-hybridized carbons (Fsp3) is 0.125. The van der Waals surface area contributed by atoms with E-state index in [-0.39, 0.29) is 0 Å². The van der Waals surface area contributed by atoms with Gasteiger partial charge in [0.15, 0.2) is 0 Å². The third kappa shape index (κ3) is 2.76. The van der Waals surface area contributed by atoms with Crippen molar-refractivity contribution in [3.8, 4) is 34.4 Å². The van der Waals surface area contributed by atoms with Crippen LogP contribution in [-0.4, -0.2) is 24.4 Å². The number of nitrogens with zero attached hydrogens (tertiary/aromatic N) is 2. The van der Waals surface area contributed by atoms with Gasteiger partial charge >= 0.3 is 0 Å². The van der Waals surface area contributed by atoms with E-state index < -0.39 is 0 Å². The van der Waals surface area contributed by atoms with E-state index in [1.54, 1.807) is 32.4 Å². The summed E-state index contributed by atoms with van der Waals surface area (Å²) in [6, 6.07) is 12.6. The molecule has 0 radical (unpaired) electrons.